The van der Waals surface area contributed by atoms with Crippen LogP contribution in [0, 0.1) is 18.8 Å². The van der Waals surface area contributed by atoms with Crippen LogP contribution >= 0.6 is 45.1 Å². The van der Waals surface area contributed by atoms with Gasteiger partial charge in [-0.3, -0.25) is 23.9 Å². The number of fused-ring (bicyclic) bond motifs is 3. The average Bonchev–Trinajstić information content (AvgIpc) is 1.61. The zero-order valence-electron chi connectivity index (χ0n) is 65.1. The number of likely N-dealkylation sites (N-methyl/N-ethyl adjacent to an activating group) is 1. The van der Waals surface area contributed by atoms with Crippen LogP contribution in [0.5, 0.6) is 0 Å². The summed E-state index contributed by atoms with van der Waals surface area (Å²) in [7, 11) is -17.1. The van der Waals surface area contributed by atoms with E-state index >= 15 is 0 Å². The van der Waals surface area contributed by atoms with Crippen LogP contribution in [0.15, 0.2) is 89.5 Å². The molecular formula is C72H108N8O24P3S5+. The van der Waals surface area contributed by atoms with Crippen molar-refractivity contribution in [3.8, 4) is 11.8 Å². The summed E-state index contributed by atoms with van der Waals surface area (Å²) in [6.45, 7) is 28.5. The second-order valence-electron chi connectivity index (χ2n) is 27.1. The summed E-state index contributed by atoms with van der Waals surface area (Å²) in [6.07, 6.45) is 15.1. The molecule has 3 unspecified atom stereocenters. The predicted octanol–water partition coefficient (Wildman–Crippen LogP) is 11.0. The number of aromatic nitrogens is 3. The number of anilines is 2. The summed E-state index contributed by atoms with van der Waals surface area (Å²) in [5.41, 5.74) is 14.6. The quantitative estimate of drug-likeness (QED) is 0.00298. The second kappa shape index (κ2) is 47.4. The lowest BCUT2D eigenvalue weighted by Crippen LogP contribution is -2.30. The number of H-pyrrole nitrogens is 1. The third-order valence-electron chi connectivity index (χ3n) is 17.5. The summed E-state index contributed by atoms with van der Waals surface area (Å²) in [6, 6.07) is 15.5. The van der Waals surface area contributed by atoms with Crippen LogP contribution < -0.4 is 26.8 Å². The number of nitrogens with two attached hydrogens (primary N) is 1. The molecule has 9 N–H and O–H groups in total. The number of hydrogen-bond acceptors (Lipinski definition) is 26. The first-order chi connectivity index (χ1) is 52.9. The van der Waals surface area contributed by atoms with E-state index in [2.05, 4.69) is 186 Å². The Balaban J connectivity index is 0.000000383. The molecule has 0 spiro atoms. The van der Waals surface area contributed by atoms with Gasteiger partial charge in [0.05, 0.1) is 81.1 Å². The number of nitrogens with one attached hydrogen (secondary N) is 3. The summed E-state index contributed by atoms with van der Waals surface area (Å²) < 4.78 is 116. The number of rotatable bonds is 44. The second-order valence-corrected chi connectivity index (χ2v) is 38.0. The topological polar surface area (TPSA) is 434 Å². The third kappa shape index (κ3) is 32.7. The molecule has 1 saturated heterocycles. The number of aryl methyl sites for hydroxylation is 1. The first-order valence-electron chi connectivity index (χ1n) is 36.5. The van der Waals surface area contributed by atoms with Crippen molar-refractivity contribution in [3.63, 3.8) is 0 Å². The molecule has 5 heterocycles. The number of aromatic amines is 1. The number of esters is 1. The van der Waals surface area contributed by atoms with Crippen molar-refractivity contribution in [2.45, 2.75) is 174 Å². The number of alkyl carbamates (subject to hydrolysis) is 1. The summed E-state index contributed by atoms with van der Waals surface area (Å²) >= 11 is 5.36. The number of amides is 2. The molecule has 112 heavy (non-hydrogen) atoms. The maximum absolute atomic E-state index is 13.0. The molecule has 4 aromatic rings. The minimum absolute atomic E-state index is 0.00901. The van der Waals surface area contributed by atoms with E-state index in [1.165, 1.54) is 50.2 Å². The lowest BCUT2D eigenvalue weighted by Gasteiger charge is -2.25. The van der Waals surface area contributed by atoms with Crippen LogP contribution in [-0.2, 0) is 112 Å². The highest BCUT2D eigenvalue weighted by Gasteiger charge is 2.46. The van der Waals surface area contributed by atoms with Gasteiger partial charge in [0, 0.05) is 97.4 Å². The highest BCUT2D eigenvalue weighted by atomic mass is 33.1. The Hall–Kier alpha value is -5.78. The van der Waals surface area contributed by atoms with Crippen molar-refractivity contribution < 1.29 is 111 Å². The van der Waals surface area contributed by atoms with E-state index < -0.39 is 86.2 Å². The Morgan fingerprint density at radius 1 is 0.857 bits per heavy atom. The predicted molar refractivity (Wildman–Crippen MR) is 435 cm³/mol. The van der Waals surface area contributed by atoms with E-state index in [0.717, 1.165) is 45.2 Å². The van der Waals surface area contributed by atoms with E-state index in [1.807, 2.05) is 6.92 Å². The van der Waals surface area contributed by atoms with E-state index in [-0.39, 0.29) is 75.8 Å². The highest BCUT2D eigenvalue weighted by molar-refractivity contribution is 8.77. The Kier molecular flexibility index (Phi) is 41.0. The molecular weight excluding hydrogens is 1610 g/mol. The van der Waals surface area contributed by atoms with Gasteiger partial charge in [0.1, 0.15) is 24.8 Å². The highest BCUT2D eigenvalue weighted by Crippen LogP contribution is 2.66. The zero-order valence-corrected chi connectivity index (χ0v) is 71.9. The van der Waals surface area contributed by atoms with Gasteiger partial charge in [-0.2, -0.15) is 18.2 Å². The summed E-state index contributed by atoms with van der Waals surface area (Å²) in [5.74, 6) is 6.46. The molecule has 0 radical (unpaired) electrons. The summed E-state index contributed by atoms with van der Waals surface area (Å²) in [5, 5.41) is 5.61. The molecule has 32 nitrogen and oxygen atoms in total. The van der Waals surface area contributed by atoms with E-state index in [9.17, 15) is 42.7 Å². The number of nitrogen functional groups attached to an aromatic ring is 1. The minimum atomic E-state index is -5.76. The van der Waals surface area contributed by atoms with Crippen LogP contribution in [0.4, 0.5) is 22.1 Å². The number of nitrogens with zero attached hydrogens (tertiary/aromatic N) is 4. The fourth-order valence-corrected chi connectivity index (χ4v) is 17.8. The van der Waals surface area contributed by atoms with Gasteiger partial charge in [0.15, 0.2) is 11.4 Å². The van der Waals surface area contributed by atoms with Gasteiger partial charge in [-0.05, 0) is 121 Å². The maximum Gasteiger partial charge on any atom is 0.490 e. The Morgan fingerprint density at radius 3 is 2.23 bits per heavy atom. The standard InChI is InChI=1S/C43H60N4O5.C29H47N4O16P3S4.O3S/c1-8-46-36-19-16-15-18-34(36)42(4,5)38(46)20-12-10-13-21-39-43(6,7)35-32-33(3)23-24-37(35)47(39)27-17-11-14-22-40(48)44-25-28-50-30-31-51-29-26-45-41(49)52-9-2;1-5-29(3,4)55-54-18-43-13-9-10-14-44-24(34)12-8-7-11-20-16-33(26-25(20)27(35)32-28(30)31-26)23-15-21(45-19-56(53)6-2)22(47-23)17-46-51(39,40)49-52(41,42)48-50(36,37)38;1-4(2)3/h10,12-13,15-16,18-21,23-24,32H,8-9,11,14,17,22,25-31H2,1-7H3,(H-,44,45,48,49);16,21-23H,5-6,8-10,12-15,17-19H2,1-4H3,(H,39,40)(H,41,42)(H2,36,37,38)(H3,30,31,32,35);/p+1/t;21-,22+,23+,56?;/m.0./s1. The fourth-order valence-electron chi connectivity index (χ4n) is 11.8. The number of hydrogen-bond donors (Lipinski definition) is 8. The van der Waals surface area contributed by atoms with E-state index in [4.69, 9.17) is 77.0 Å². The molecule has 2 aromatic heterocycles. The number of allylic oxidation sites excluding steroid dienone is 6. The first-order valence-corrected chi connectivity index (χ1v) is 46.8. The molecule has 3 aliphatic rings. The molecule has 624 valence electrons. The molecule has 0 aliphatic carbocycles. The first kappa shape index (κ1) is 96.8. The lowest BCUT2D eigenvalue weighted by atomic mass is 9.81. The van der Waals surface area contributed by atoms with Crippen LogP contribution in [0.1, 0.15) is 162 Å². The Labute approximate surface area is 671 Å². The number of para-hydroxylation sites is 1. The molecule has 2 aromatic carbocycles. The maximum atomic E-state index is 13.0. The van der Waals surface area contributed by atoms with Crippen molar-refractivity contribution in [1.29, 1.82) is 0 Å². The van der Waals surface area contributed by atoms with Gasteiger partial charge in [-0.15, -0.1) is 12.6 Å². The molecule has 0 saturated carbocycles. The van der Waals surface area contributed by atoms with Crippen molar-refractivity contribution in [2.75, 3.05) is 107 Å². The molecule has 7 rings (SSSR count). The number of phosphoric ester groups is 1. The molecule has 3 aliphatic heterocycles. The zero-order chi connectivity index (χ0) is 82.9. The van der Waals surface area contributed by atoms with Gasteiger partial charge >= 0.3 is 46.1 Å². The number of unbranched alkanes of at least 4 members (excludes halogenated alkanes) is 3. The molecule has 1 fully saturated rings. The number of phosphoric acid groups is 3. The van der Waals surface area contributed by atoms with Crippen molar-refractivity contribution >= 4 is 128 Å². The monoisotopic (exact) mass is 1720 g/mol. The van der Waals surface area contributed by atoms with Gasteiger partial charge < -0.3 is 78.6 Å². The van der Waals surface area contributed by atoms with Crippen molar-refractivity contribution in [2.24, 2.45) is 0 Å². The van der Waals surface area contributed by atoms with Crippen LogP contribution in [0.2, 0.25) is 0 Å². The van der Waals surface area contributed by atoms with E-state index in [0.29, 0.717) is 77.3 Å². The molecule has 40 heteroatoms. The Bertz CT molecular complexity index is 4340. The molecule has 2 amide bonds. The van der Waals surface area contributed by atoms with E-state index in [1.54, 1.807) is 28.5 Å². The van der Waals surface area contributed by atoms with Gasteiger partial charge in [0.25, 0.3) is 5.56 Å². The average molecular weight is 1720 g/mol. The van der Waals surface area contributed by atoms with Crippen LogP contribution in [-0.4, -0.2) is 189 Å². The lowest BCUT2D eigenvalue weighted by molar-refractivity contribution is -0.438. The molecule has 6 atom stereocenters. The number of carbonyl (C=O) groups excluding carboxylic acids is 3. The van der Waals surface area contributed by atoms with Crippen LogP contribution in [0.3, 0.4) is 0 Å². The van der Waals surface area contributed by atoms with Gasteiger partial charge in [-0.25, -0.2) is 18.5 Å². The van der Waals surface area contributed by atoms with Crippen molar-refractivity contribution in [3.05, 3.63) is 117 Å². The summed E-state index contributed by atoms with van der Waals surface area (Å²) in [4.78, 5) is 95.1. The number of ether oxygens (including phenoxy) is 7. The normalized spacial score (nSPS) is 18.0. The van der Waals surface area contributed by atoms with Gasteiger partial charge in [-0.1, -0.05) is 119 Å². The van der Waals surface area contributed by atoms with Crippen molar-refractivity contribution in [1.82, 2.24) is 25.2 Å². The minimum Gasteiger partial charge on any atom is -0.466 e. The third-order valence-corrected chi connectivity index (χ3v) is 26.5. The number of benzene rings is 2. The largest absolute Gasteiger partial charge is 0.490 e. The smallest absolute Gasteiger partial charge is 0.466 e. The Morgan fingerprint density at radius 2 is 1.55 bits per heavy atom. The van der Waals surface area contributed by atoms with Crippen LogP contribution in [0.25, 0.3) is 11.0 Å². The molecule has 0 bridgehead atoms. The fraction of sp³-hybridized carbons (Fsp3) is 0.583. The number of carbonyl (C=O) groups is 3. The van der Waals surface area contributed by atoms with Gasteiger partial charge in [0.2, 0.25) is 17.5 Å². The SMILES string of the molecule is CCOC(=O)NCCOCCOCCNC(=O)CCCCC[N+]1=C(/C=C/C=C/C=C2\N(CC)c3ccccc3C2(C)C)C(C)(C)c2cc(C)ccc21.CCS(=S)CO[C@H]1C[C@H](n2cc(C#CCCC(=O)OCCCCOCSSC(C)(C)CC)c3c(=O)[nH]c(N)nc32)O[C@@H]1COP(=O)(O)OP(=O)(O)OP(=O)(O)O.O=S(=O)=O.